The minimum Gasteiger partial charge on any atom is -0.463 e. The van der Waals surface area contributed by atoms with Crippen LogP contribution in [0.2, 0.25) is 0 Å². The van der Waals surface area contributed by atoms with E-state index >= 15 is 0 Å². The topological polar surface area (TPSA) is 46.5 Å². The Kier molecular flexibility index (Phi) is 4.26. The summed E-state index contributed by atoms with van der Waals surface area (Å²) in [7, 11) is 0. The van der Waals surface area contributed by atoms with Crippen molar-refractivity contribution < 1.29 is 14.6 Å². The summed E-state index contributed by atoms with van der Waals surface area (Å²) >= 11 is 0. The van der Waals surface area contributed by atoms with Gasteiger partial charge in [0.15, 0.2) is 0 Å². The van der Waals surface area contributed by atoms with Crippen LogP contribution >= 0.6 is 0 Å². The zero-order chi connectivity index (χ0) is 12.1. The highest BCUT2D eigenvalue weighted by atomic mass is 16.5. The summed E-state index contributed by atoms with van der Waals surface area (Å²) in [5.74, 6) is -0.559. The number of aliphatic hydroxyl groups is 1. The first-order valence-corrected chi connectivity index (χ1v) is 5.16. The summed E-state index contributed by atoms with van der Waals surface area (Å²) in [4.78, 5) is 11.4. The summed E-state index contributed by atoms with van der Waals surface area (Å²) in [5.41, 5.74) is 1.73. The van der Waals surface area contributed by atoms with Gasteiger partial charge < -0.3 is 9.84 Å². The monoisotopic (exact) mass is 220 g/mol. The molecule has 0 heterocycles. The lowest BCUT2D eigenvalue weighted by molar-refractivity contribution is -0.139. The lowest BCUT2D eigenvalue weighted by atomic mass is 10.0. The van der Waals surface area contributed by atoms with Crippen LogP contribution in [0.25, 0.3) is 0 Å². The van der Waals surface area contributed by atoms with Crippen molar-refractivity contribution >= 4 is 5.97 Å². The van der Waals surface area contributed by atoms with Crippen LogP contribution in [0.3, 0.4) is 0 Å². The Morgan fingerprint density at radius 2 is 2.25 bits per heavy atom. The molecule has 0 spiro atoms. The molecule has 0 fully saturated rings. The molecular formula is C13H16O3. The van der Waals surface area contributed by atoms with Crippen molar-refractivity contribution in [3.8, 4) is 0 Å². The molecule has 1 aromatic rings. The number of aryl methyl sites for hydroxylation is 1. The maximum Gasteiger partial charge on any atom is 0.336 e. The molecule has 0 aromatic heterocycles. The predicted octanol–water partition coefficient (Wildman–Crippen LogP) is 2.15. The van der Waals surface area contributed by atoms with E-state index in [1.807, 2.05) is 25.1 Å². The van der Waals surface area contributed by atoms with Gasteiger partial charge in [-0.2, -0.15) is 0 Å². The highest BCUT2D eigenvalue weighted by Crippen LogP contribution is 2.21. The Bertz CT molecular complexity index is 396. The fourth-order valence-electron chi connectivity index (χ4n) is 1.38. The zero-order valence-corrected chi connectivity index (χ0v) is 9.56. The lowest BCUT2D eigenvalue weighted by Crippen LogP contribution is -2.13. The van der Waals surface area contributed by atoms with Crippen LogP contribution < -0.4 is 0 Å². The maximum absolute atomic E-state index is 11.4. The fraction of sp³-hybridized carbons (Fsp3) is 0.308. The third kappa shape index (κ3) is 2.94. The van der Waals surface area contributed by atoms with E-state index in [1.54, 1.807) is 13.0 Å². The molecule has 0 aliphatic rings. The summed E-state index contributed by atoms with van der Waals surface area (Å²) in [5, 5.41) is 9.91. The van der Waals surface area contributed by atoms with Crippen molar-refractivity contribution in [1.29, 1.82) is 0 Å². The van der Waals surface area contributed by atoms with Crippen molar-refractivity contribution in [2.75, 3.05) is 6.61 Å². The van der Waals surface area contributed by atoms with E-state index in [0.717, 1.165) is 5.56 Å². The van der Waals surface area contributed by atoms with Gasteiger partial charge in [0.1, 0.15) is 6.10 Å². The molecule has 0 aliphatic heterocycles. The molecule has 1 aromatic carbocycles. The number of hydrogen-bond donors (Lipinski definition) is 1. The Balaban J connectivity index is 2.82. The van der Waals surface area contributed by atoms with Gasteiger partial charge in [-0.25, -0.2) is 4.79 Å². The summed E-state index contributed by atoms with van der Waals surface area (Å²) < 4.78 is 4.78. The number of esters is 1. The molecule has 0 aliphatic carbocycles. The Labute approximate surface area is 95.4 Å². The zero-order valence-electron chi connectivity index (χ0n) is 9.56. The summed E-state index contributed by atoms with van der Waals surface area (Å²) in [6, 6.07) is 7.31. The quantitative estimate of drug-likeness (QED) is 0.624. The van der Waals surface area contributed by atoms with Gasteiger partial charge in [0.25, 0.3) is 0 Å². The van der Waals surface area contributed by atoms with Crippen LogP contribution in [0.5, 0.6) is 0 Å². The first kappa shape index (κ1) is 12.5. The first-order chi connectivity index (χ1) is 7.56. The molecular weight excluding hydrogens is 204 g/mol. The summed E-state index contributed by atoms with van der Waals surface area (Å²) in [6.45, 7) is 7.46. The Morgan fingerprint density at radius 1 is 1.56 bits per heavy atom. The number of aliphatic hydroxyl groups excluding tert-OH is 1. The number of ether oxygens (including phenoxy) is 1. The van der Waals surface area contributed by atoms with Gasteiger partial charge in [0.05, 0.1) is 12.2 Å². The van der Waals surface area contributed by atoms with Crippen LogP contribution in [0, 0.1) is 6.92 Å². The number of rotatable bonds is 4. The molecule has 0 bridgehead atoms. The standard InChI is InChI=1S/C13H16O3/c1-4-16-13(15)10(3)12(14)11-7-5-6-9(2)8-11/h5-8,12,14H,3-4H2,1-2H3. The largest absolute Gasteiger partial charge is 0.463 e. The first-order valence-electron chi connectivity index (χ1n) is 5.16. The fourth-order valence-corrected chi connectivity index (χ4v) is 1.38. The van der Waals surface area contributed by atoms with Gasteiger partial charge in [-0.1, -0.05) is 36.4 Å². The molecule has 0 radical (unpaired) electrons. The van der Waals surface area contributed by atoms with Crippen LogP contribution in [-0.4, -0.2) is 17.7 Å². The van der Waals surface area contributed by atoms with E-state index in [1.165, 1.54) is 0 Å². The van der Waals surface area contributed by atoms with Crippen molar-refractivity contribution in [2.24, 2.45) is 0 Å². The van der Waals surface area contributed by atoms with Crippen molar-refractivity contribution in [1.82, 2.24) is 0 Å². The van der Waals surface area contributed by atoms with Crippen molar-refractivity contribution in [3.63, 3.8) is 0 Å². The van der Waals surface area contributed by atoms with E-state index in [-0.39, 0.29) is 12.2 Å². The van der Waals surface area contributed by atoms with Gasteiger partial charge in [-0.3, -0.25) is 0 Å². The predicted molar refractivity (Wildman–Crippen MR) is 61.9 cm³/mol. The molecule has 1 unspecified atom stereocenters. The molecule has 1 N–H and O–H groups in total. The molecule has 0 saturated carbocycles. The van der Waals surface area contributed by atoms with Crippen LogP contribution in [-0.2, 0) is 9.53 Å². The second kappa shape index (κ2) is 5.47. The van der Waals surface area contributed by atoms with E-state index in [2.05, 4.69) is 6.58 Å². The average Bonchev–Trinajstić information content (AvgIpc) is 2.27. The molecule has 16 heavy (non-hydrogen) atoms. The van der Waals surface area contributed by atoms with E-state index < -0.39 is 12.1 Å². The van der Waals surface area contributed by atoms with Crippen molar-refractivity contribution in [2.45, 2.75) is 20.0 Å². The minimum atomic E-state index is -1.00. The Hall–Kier alpha value is -1.61. The van der Waals surface area contributed by atoms with Crippen molar-refractivity contribution in [3.05, 3.63) is 47.5 Å². The van der Waals surface area contributed by atoms with E-state index in [0.29, 0.717) is 5.56 Å². The van der Waals surface area contributed by atoms with Gasteiger partial charge in [0, 0.05) is 0 Å². The normalized spacial score (nSPS) is 11.9. The molecule has 86 valence electrons. The molecule has 3 nitrogen and oxygen atoms in total. The highest BCUT2D eigenvalue weighted by Gasteiger charge is 2.19. The van der Waals surface area contributed by atoms with Gasteiger partial charge >= 0.3 is 5.97 Å². The molecule has 0 saturated heterocycles. The third-order valence-corrected chi connectivity index (χ3v) is 2.23. The molecule has 3 heteroatoms. The minimum absolute atomic E-state index is 0.0625. The number of hydrogen-bond acceptors (Lipinski definition) is 3. The maximum atomic E-state index is 11.4. The molecule has 1 rings (SSSR count). The molecule has 0 amide bonds. The SMILES string of the molecule is C=C(C(=O)OCC)C(O)c1cccc(C)c1. The number of benzene rings is 1. The van der Waals surface area contributed by atoms with Crippen LogP contribution in [0.4, 0.5) is 0 Å². The lowest BCUT2D eigenvalue weighted by Gasteiger charge is -2.13. The second-order valence-corrected chi connectivity index (χ2v) is 3.56. The van der Waals surface area contributed by atoms with Crippen LogP contribution in [0.1, 0.15) is 24.2 Å². The number of carbonyl (C=O) groups is 1. The van der Waals surface area contributed by atoms with E-state index in [4.69, 9.17) is 4.74 Å². The smallest absolute Gasteiger partial charge is 0.336 e. The highest BCUT2D eigenvalue weighted by molar-refractivity contribution is 5.89. The van der Waals surface area contributed by atoms with Crippen LogP contribution in [0.15, 0.2) is 36.4 Å². The van der Waals surface area contributed by atoms with E-state index in [9.17, 15) is 9.90 Å². The Morgan fingerprint density at radius 3 is 2.81 bits per heavy atom. The third-order valence-electron chi connectivity index (χ3n) is 2.23. The molecule has 1 atom stereocenters. The summed E-state index contributed by atoms with van der Waals surface area (Å²) in [6.07, 6.45) is -1.00. The number of carbonyl (C=O) groups excluding carboxylic acids is 1. The van der Waals surface area contributed by atoms with Gasteiger partial charge in [0.2, 0.25) is 0 Å². The van der Waals surface area contributed by atoms with Gasteiger partial charge in [-0.15, -0.1) is 0 Å². The second-order valence-electron chi connectivity index (χ2n) is 3.56. The van der Waals surface area contributed by atoms with Gasteiger partial charge in [-0.05, 0) is 19.4 Å². The average molecular weight is 220 g/mol.